The second-order valence-corrected chi connectivity index (χ2v) is 5.66. The molecule has 0 radical (unpaired) electrons. The smallest absolute Gasteiger partial charge is 0.267 e. The van der Waals surface area contributed by atoms with Crippen molar-refractivity contribution in [1.29, 1.82) is 0 Å². The van der Waals surface area contributed by atoms with Crippen molar-refractivity contribution in [3.63, 3.8) is 0 Å². The second kappa shape index (κ2) is 6.73. The summed E-state index contributed by atoms with van der Waals surface area (Å²) in [5.41, 5.74) is 2.23. The molecule has 23 heavy (non-hydrogen) atoms. The van der Waals surface area contributed by atoms with Gasteiger partial charge in [-0.1, -0.05) is 18.2 Å². The first kappa shape index (κ1) is 15.4. The van der Waals surface area contributed by atoms with Gasteiger partial charge < -0.3 is 14.4 Å². The molecule has 0 aromatic heterocycles. The predicted octanol–water partition coefficient (Wildman–Crippen LogP) is 3.44. The van der Waals surface area contributed by atoms with E-state index in [1.807, 2.05) is 47.4 Å². The largest absolute Gasteiger partial charge is 0.497 e. The number of rotatable bonds is 4. The van der Waals surface area contributed by atoms with Crippen molar-refractivity contribution in [2.45, 2.75) is 25.9 Å². The lowest BCUT2D eigenvalue weighted by molar-refractivity contribution is -0.124. The second-order valence-electron chi connectivity index (χ2n) is 5.66. The SMILES string of the molecule is COc1ccc(O[C@H](C)C(=O)N2CCCc3ccccc32)cc1. The van der Waals surface area contributed by atoms with Gasteiger partial charge in [0.2, 0.25) is 0 Å². The Labute approximate surface area is 136 Å². The summed E-state index contributed by atoms with van der Waals surface area (Å²) in [5.74, 6) is 1.42. The average Bonchev–Trinajstić information content (AvgIpc) is 2.61. The van der Waals surface area contributed by atoms with Gasteiger partial charge in [-0.2, -0.15) is 0 Å². The number of carbonyl (C=O) groups is 1. The van der Waals surface area contributed by atoms with Crippen LogP contribution in [0.5, 0.6) is 11.5 Å². The molecule has 0 fully saturated rings. The van der Waals surface area contributed by atoms with E-state index in [0.29, 0.717) is 5.75 Å². The maximum atomic E-state index is 12.8. The third-order valence-electron chi connectivity index (χ3n) is 4.10. The number of amides is 1. The maximum absolute atomic E-state index is 12.8. The third kappa shape index (κ3) is 3.31. The molecule has 0 saturated heterocycles. The van der Waals surface area contributed by atoms with E-state index in [9.17, 15) is 4.79 Å². The summed E-state index contributed by atoms with van der Waals surface area (Å²) in [6, 6.07) is 15.4. The number of aryl methyl sites for hydroxylation is 1. The van der Waals surface area contributed by atoms with E-state index in [4.69, 9.17) is 9.47 Å². The third-order valence-corrected chi connectivity index (χ3v) is 4.10. The molecule has 0 saturated carbocycles. The molecule has 1 amide bonds. The predicted molar refractivity (Wildman–Crippen MR) is 90.2 cm³/mol. The van der Waals surface area contributed by atoms with Crippen molar-refractivity contribution in [1.82, 2.24) is 0 Å². The van der Waals surface area contributed by atoms with Gasteiger partial charge in [-0.15, -0.1) is 0 Å². The van der Waals surface area contributed by atoms with Crippen molar-refractivity contribution >= 4 is 11.6 Å². The first-order valence-corrected chi connectivity index (χ1v) is 7.89. The number of ether oxygens (including phenoxy) is 2. The van der Waals surface area contributed by atoms with E-state index in [1.165, 1.54) is 5.56 Å². The van der Waals surface area contributed by atoms with Crippen LogP contribution >= 0.6 is 0 Å². The number of nitrogens with zero attached hydrogens (tertiary/aromatic N) is 1. The van der Waals surface area contributed by atoms with Crippen LogP contribution < -0.4 is 14.4 Å². The maximum Gasteiger partial charge on any atom is 0.267 e. The minimum absolute atomic E-state index is 0.00651. The number of methoxy groups -OCH3 is 1. The van der Waals surface area contributed by atoms with Gasteiger partial charge in [0.15, 0.2) is 6.10 Å². The van der Waals surface area contributed by atoms with E-state index in [2.05, 4.69) is 6.07 Å². The van der Waals surface area contributed by atoms with Gasteiger partial charge in [0.05, 0.1) is 7.11 Å². The van der Waals surface area contributed by atoms with Crippen LogP contribution in [0.25, 0.3) is 0 Å². The molecular weight excluding hydrogens is 290 g/mol. The normalized spacial score (nSPS) is 14.8. The molecule has 1 atom stereocenters. The fourth-order valence-electron chi connectivity index (χ4n) is 2.89. The van der Waals surface area contributed by atoms with Gasteiger partial charge in [-0.25, -0.2) is 0 Å². The molecule has 0 aliphatic carbocycles. The molecule has 0 N–H and O–H groups in total. The molecule has 2 aromatic rings. The van der Waals surface area contributed by atoms with Crippen molar-refractivity contribution in [2.24, 2.45) is 0 Å². The Hall–Kier alpha value is -2.49. The fourth-order valence-corrected chi connectivity index (χ4v) is 2.89. The molecule has 1 heterocycles. The first-order valence-electron chi connectivity index (χ1n) is 7.89. The lowest BCUT2D eigenvalue weighted by atomic mass is 10.0. The highest BCUT2D eigenvalue weighted by molar-refractivity contribution is 5.97. The number of anilines is 1. The Morgan fingerprint density at radius 3 is 2.52 bits per heavy atom. The lowest BCUT2D eigenvalue weighted by Crippen LogP contribution is -2.43. The zero-order valence-electron chi connectivity index (χ0n) is 13.5. The van der Waals surface area contributed by atoms with Crippen LogP contribution in [0.15, 0.2) is 48.5 Å². The molecule has 120 valence electrons. The summed E-state index contributed by atoms with van der Waals surface area (Å²) < 4.78 is 10.9. The Bertz CT molecular complexity index is 681. The van der Waals surface area contributed by atoms with Crippen molar-refractivity contribution < 1.29 is 14.3 Å². The molecule has 0 bridgehead atoms. The quantitative estimate of drug-likeness (QED) is 0.868. The van der Waals surface area contributed by atoms with Crippen LogP contribution in [0.4, 0.5) is 5.69 Å². The number of hydrogen-bond donors (Lipinski definition) is 0. The molecule has 1 aliphatic heterocycles. The summed E-state index contributed by atoms with van der Waals surface area (Å²) in [6.45, 7) is 2.54. The van der Waals surface area contributed by atoms with Crippen molar-refractivity contribution in [3.8, 4) is 11.5 Å². The van der Waals surface area contributed by atoms with Crippen molar-refractivity contribution in [2.75, 3.05) is 18.6 Å². The number of para-hydroxylation sites is 1. The number of hydrogen-bond acceptors (Lipinski definition) is 3. The van der Waals surface area contributed by atoms with E-state index < -0.39 is 6.10 Å². The number of carbonyl (C=O) groups excluding carboxylic acids is 1. The Morgan fingerprint density at radius 2 is 1.78 bits per heavy atom. The lowest BCUT2D eigenvalue weighted by Gasteiger charge is -2.31. The van der Waals surface area contributed by atoms with E-state index in [0.717, 1.165) is 30.8 Å². The Morgan fingerprint density at radius 1 is 1.09 bits per heavy atom. The van der Waals surface area contributed by atoms with E-state index in [1.54, 1.807) is 14.0 Å². The van der Waals surface area contributed by atoms with Gasteiger partial charge in [-0.05, 0) is 55.7 Å². The summed E-state index contributed by atoms with van der Waals surface area (Å²) in [5, 5.41) is 0. The van der Waals surface area contributed by atoms with Gasteiger partial charge in [0.25, 0.3) is 5.91 Å². The zero-order chi connectivity index (χ0) is 16.2. The molecule has 4 heteroatoms. The monoisotopic (exact) mass is 311 g/mol. The topological polar surface area (TPSA) is 38.8 Å². The van der Waals surface area contributed by atoms with Gasteiger partial charge in [-0.3, -0.25) is 4.79 Å². The highest BCUT2D eigenvalue weighted by Gasteiger charge is 2.27. The Kier molecular flexibility index (Phi) is 4.51. The molecule has 0 unspecified atom stereocenters. The molecular formula is C19H21NO3. The number of benzene rings is 2. The standard InChI is InChI=1S/C19H21NO3/c1-14(23-17-11-9-16(22-2)10-12-17)19(21)20-13-5-7-15-6-3-4-8-18(15)20/h3-4,6,8-12,14H,5,7,13H2,1-2H3/t14-/m1/s1. The highest BCUT2D eigenvalue weighted by Crippen LogP contribution is 2.28. The summed E-state index contributed by atoms with van der Waals surface area (Å²) in [6.07, 6.45) is 1.47. The van der Waals surface area contributed by atoms with Crippen molar-refractivity contribution in [3.05, 3.63) is 54.1 Å². The Balaban J connectivity index is 1.72. The van der Waals surface area contributed by atoms with Gasteiger partial charge in [0, 0.05) is 12.2 Å². The molecule has 2 aromatic carbocycles. The van der Waals surface area contributed by atoms with E-state index in [-0.39, 0.29) is 5.91 Å². The summed E-state index contributed by atoms with van der Waals surface area (Å²) in [7, 11) is 1.62. The first-order chi connectivity index (χ1) is 11.2. The van der Waals surface area contributed by atoms with E-state index >= 15 is 0 Å². The minimum Gasteiger partial charge on any atom is -0.497 e. The van der Waals surface area contributed by atoms with Crippen LogP contribution in [0.2, 0.25) is 0 Å². The number of fused-ring (bicyclic) bond motifs is 1. The average molecular weight is 311 g/mol. The van der Waals surface area contributed by atoms with Crippen LogP contribution in [0, 0.1) is 0 Å². The summed E-state index contributed by atoms with van der Waals surface area (Å²) in [4.78, 5) is 14.6. The van der Waals surface area contributed by atoms with Crippen LogP contribution in [0.3, 0.4) is 0 Å². The van der Waals surface area contributed by atoms with Gasteiger partial charge in [0.1, 0.15) is 11.5 Å². The van der Waals surface area contributed by atoms with Crippen LogP contribution in [0.1, 0.15) is 18.9 Å². The minimum atomic E-state index is -0.533. The van der Waals surface area contributed by atoms with Gasteiger partial charge >= 0.3 is 0 Å². The van der Waals surface area contributed by atoms with Crippen LogP contribution in [-0.2, 0) is 11.2 Å². The highest BCUT2D eigenvalue weighted by atomic mass is 16.5. The van der Waals surface area contributed by atoms with Crippen LogP contribution in [-0.4, -0.2) is 25.7 Å². The summed E-state index contributed by atoms with van der Waals surface area (Å²) >= 11 is 0. The molecule has 3 rings (SSSR count). The fraction of sp³-hybridized carbons (Fsp3) is 0.316. The molecule has 0 spiro atoms. The molecule has 1 aliphatic rings. The molecule has 4 nitrogen and oxygen atoms in total. The zero-order valence-corrected chi connectivity index (χ0v) is 13.5.